The largest absolute Gasteiger partial charge is 0.305 e. The third-order valence-corrected chi connectivity index (χ3v) is 5.75. The number of thiazole rings is 1. The Balaban J connectivity index is 1.67. The Morgan fingerprint density at radius 1 is 1.35 bits per heavy atom. The molecule has 0 bridgehead atoms. The fourth-order valence-electron chi connectivity index (χ4n) is 3.31. The van der Waals surface area contributed by atoms with Crippen molar-refractivity contribution in [2.75, 3.05) is 0 Å². The van der Waals surface area contributed by atoms with Crippen LogP contribution in [0.3, 0.4) is 0 Å². The normalized spacial score (nSPS) is 24.9. The first-order chi connectivity index (χ1) is 9.76. The van der Waals surface area contributed by atoms with E-state index in [2.05, 4.69) is 43.4 Å². The highest BCUT2D eigenvalue weighted by Gasteiger charge is 2.23. The molecule has 1 saturated carbocycles. The summed E-state index contributed by atoms with van der Waals surface area (Å²) in [4.78, 5) is 4.77. The SMILES string of the molecule is CCC1CCCC(NC(C)c2nc3ccccc3s2)C1. The first-order valence-corrected chi connectivity index (χ1v) is 8.69. The number of para-hydroxylation sites is 1. The van der Waals surface area contributed by atoms with Crippen molar-refractivity contribution in [1.29, 1.82) is 0 Å². The van der Waals surface area contributed by atoms with Gasteiger partial charge in [-0.05, 0) is 37.8 Å². The monoisotopic (exact) mass is 288 g/mol. The fourth-order valence-corrected chi connectivity index (χ4v) is 4.29. The van der Waals surface area contributed by atoms with Crippen molar-refractivity contribution in [2.45, 2.75) is 58.0 Å². The van der Waals surface area contributed by atoms with Gasteiger partial charge < -0.3 is 5.32 Å². The third-order valence-electron chi connectivity index (χ3n) is 4.53. The van der Waals surface area contributed by atoms with Crippen molar-refractivity contribution in [3.05, 3.63) is 29.3 Å². The molecule has 3 heteroatoms. The van der Waals surface area contributed by atoms with Gasteiger partial charge in [0.2, 0.25) is 0 Å². The van der Waals surface area contributed by atoms with Crippen LogP contribution < -0.4 is 5.32 Å². The molecule has 0 spiro atoms. The molecule has 3 rings (SSSR count). The lowest BCUT2D eigenvalue weighted by Crippen LogP contribution is -2.35. The maximum absolute atomic E-state index is 4.77. The lowest BCUT2D eigenvalue weighted by molar-refractivity contribution is 0.266. The summed E-state index contributed by atoms with van der Waals surface area (Å²) in [5.74, 6) is 0.920. The zero-order valence-electron chi connectivity index (χ0n) is 12.4. The summed E-state index contributed by atoms with van der Waals surface area (Å²) in [6.07, 6.45) is 6.79. The number of hydrogen-bond acceptors (Lipinski definition) is 3. The number of nitrogens with one attached hydrogen (secondary N) is 1. The topological polar surface area (TPSA) is 24.9 Å². The van der Waals surface area contributed by atoms with Gasteiger partial charge in [0.15, 0.2) is 0 Å². The number of fused-ring (bicyclic) bond motifs is 1. The van der Waals surface area contributed by atoms with Gasteiger partial charge in [-0.1, -0.05) is 38.3 Å². The molecule has 0 saturated heterocycles. The van der Waals surface area contributed by atoms with E-state index in [1.807, 2.05) is 11.3 Å². The Morgan fingerprint density at radius 2 is 2.20 bits per heavy atom. The lowest BCUT2D eigenvalue weighted by Gasteiger charge is -2.31. The molecule has 1 N–H and O–H groups in total. The molecule has 1 aromatic carbocycles. The van der Waals surface area contributed by atoms with E-state index in [0.29, 0.717) is 12.1 Å². The van der Waals surface area contributed by atoms with Crippen LogP contribution in [0.1, 0.15) is 57.0 Å². The van der Waals surface area contributed by atoms with Gasteiger partial charge in [-0.15, -0.1) is 11.3 Å². The predicted molar refractivity (Wildman–Crippen MR) is 87.2 cm³/mol. The zero-order chi connectivity index (χ0) is 13.9. The molecular formula is C17H24N2S. The molecule has 1 aliphatic carbocycles. The van der Waals surface area contributed by atoms with Gasteiger partial charge in [0.25, 0.3) is 0 Å². The average molecular weight is 288 g/mol. The van der Waals surface area contributed by atoms with Crippen LogP contribution in [0.25, 0.3) is 10.2 Å². The highest BCUT2D eigenvalue weighted by molar-refractivity contribution is 7.18. The minimum atomic E-state index is 0.369. The van der Waals surface area contributed by atoms with E-state index in [1.54, 1.807) is 0 Å². The Hall–Kier alpha value is -0.930. The summed E-state index contributed by atoms with van der Waals surface area (Å²) in [5, 5.41) is 5.03. The van der Waals surface area contributed by atoms with E-state index in [1.165, 1.54) is 41.8 Å². The molecule has 20 heavy (non-hydrogen) atoms. The van der Waals surface area contributed by atoms with E-state index in [0.717, 1.165) is 11.4 Å². The summed E-state index contributed by atoms with van der Waals surface area (Å²) in [7, 11) is 0. The van der Waals surface area contributed by atoms with Crippen LogP contribution in [0, 0.1) is 5.92 Å². The second-order valence-electron chi connectivity index (χ2n) is 6.05. The molecule has 0 radical (unpaired) electrons. The van der Waals surface area contributed by atoms with Crippen molar-refractivity contribution < 1.29 is 0 Å². The number of nitrogens with zero attached hydrogens (tertiary/aromatic N) is 1. The molecule has 1 aromatic heterocycles. The smallest absolute Gasteiger partial charge is 0.111 e. The van der Waals surface area contributed by atoms with Crippen LogP contribution in [0.15, 0.2) is 24.3 Å². The molecule has 0 aliphatic heterocycles. The van der Waals surface area contributed by atoms with Crippen molar-refractivity contribution in [2.24, 2.45) is 5.92 Å². The van der Waals surface area contributed by atoms with E-state index in [4.69, 9.17) is 4.98 Å². The first kappa shape index (κ1) is 14.0. The Morgan fingerprint density at radius 3 is 3.00 bits per heavy atom. The number of benzene rings is 1. The van der Waals surface area contributed by atoms with Gasteiger partial charge in [0.05, 0.1) is 16.3 Å². The zero-order valence-corrected chi connectivity index (χ0v) is 13.2. The Bertz CT molecular complexity index is 530. The maximum Gasteiger partial charge on any atom is 0.111 e. The number of aromatic nitrogens is 1. The second-order valence-corrected chi connectivity index (χ2v) is 7.11. The van der Waals surface area contributed by atoms with E-state index >= 15 is 0 Å². The summed E-state index contributed by atoms with van der Waals surface area (Å²) in [5.41, 5.74) is 1.14. The fraction of sp³-hybridized carbons (Fsp3) is 0.588. The van der Waals surface area contributed by atoms with Crippen LogP contribution in [-0.4, -0.2) is 11.0 Å². The van der Waals surface area contributed by atoms with Crippen LogP contribution in [0.2, 0.25) is 0 Å². The molecule has 108 valence electrons. The second kappa shape index (κ2) is 6.23. The third kappa shape index (κ3) is 3.04. The molecule has 0 amide bonds. The van der Waals surface area contributed by atoms with Gasteiger partial charge in [0, 0.05) is 6.04 Å². The molecule has 3 unspecified atom stereocenters. The number of hydrogen-bond donors (Lipinski definition) is 1. The van der Waals surface area contributed by atoms with Crippen LogP contribution in [0.5, 0.6) is 0 Å². The van der Waals surface area contributed by atoms with Crippen LogP contribution in [-0.2, 0) is 0 Å². The highest BCUT2D eigenvalue weighted by Crippen LogP contribution is 2.30. The van der Waals surface area contributed by atoms with E-state index in [9.17, 15) is 0 Å². The Kier molecular flexibility index (Phi) is 4.37. The molecule has 2 aromatic rings. The van der Waals surface area contributed by atoms with Crippen molar-refractivity contribution in [3.8, 4) is 0 Å². The van der Waals surface area contributed by atoms with Gasteiger partial charge in [-0.3, -0.25) is 0 Å². The minimum absolute atomic E-state index is 0.369. The van der Waals surface area contributed by atoms with Crippen molar-refractivity contribution in [3.63, 3.8) is 0 Å². The summed E-state index contributed by atoms with van der Waals surface area (Å²) >= 11 is 1.83. The summed E-state index contributed by atoms with van der Waals surface area (Å²) in [6.45, 7) is 4.58. The molecular weight excluding hydrogens is 264 g/mol. The average Bonchev–Trinajstić information content (AvgIpc) is 2.91. The van der Waals surface area contributed by atoms with Crippen LogP contribution >= 0.6 is 11.3 Å². The first-order valence-electron chi connectivity index (χ1n) is 7.87. The van der Waals surface area contributed by atoms with Gasteiger partial charge in [0.1, 0.15) is 5.01 Å². The maximum atomic E-state index is 4.77. The minimum Gasteiger partial charge on any atom is -0.305 e. The molecule has 1 heterocycles. The highest BCUT2D eigenvalue weighted by atomic mass is 32.1. The molecule has 2 nitrogen and oxygen atoms in total. The van der Waals surface area contributed by atoms with Crippen molar-refractivity contribution in [1.82, 2.24) is 10.3 Å². The molecule has 1 fully saturated rings. The molecule has 1 aliphatic rings. The standard InChI is InChI=1S/C17H24N2S/c1-3-13-7-6-8-14(11-13)18-12(2)17-19-15-9-4-5-10-16(15)20-17/h4-5,9-10,12-14,18H,3,6-8,11H2,1-2H3. The van der Waals surface area contributed by atoms with Crippen molar-refractivity contribution >= 4 is 21.6 Å². The number of rotatable bonds is 4. The predicted octanol–water partition coefficient (Wildman–Crippen LogP) is 4.92. The molecule has 3 atom stereocenters. The van der Waals surface area contributed by atoms with Gasteiger partial charge in [-0.25, -0.2) is 4.98 Å². The quantitative estimate of drug-likeness (QED) is 0.864. The van der Waals surface area contributed by atoms with Crippen LogP contribution in [0.4, 0.5) is 0 Å². The van der Waals surface area contributed by atoms with Gasteiger partial charge in [-0.2, -0.15) is 0 Å². The lowest BCUT2D eigenvalue weighted by atomic mass is 9.84. The van der Waals surface area contributed by atoms with E-state index in [-0.39, 0.29) is 0 Å². The van der Waals surface area contributed by atoms with Gasteiger partial charge >= 0.3 is 0 Å². The Labute approximate surface area is 125 Å². The van der Waals surface area contributed by atoms with E-state index < -0.39 is 0 Å². The summed E-state index contributed by atoms with van der Waals surface area (Å²) < 4.78 is 1.30. The summed E-state index contributed by atoms with van der Waals surface area (Å²) in [6, 6.07) is 9.47.